The van der Waals surface area contributed by atoms with Crippen LogP contribution in [0.25, 0.3) is 0 Å². The molecule has 1 aromatic carbocycles. The molecule has 0 spiro atoms. The number of hydrogen-bond donors (Lipinski definition) is 0. The molecule has 1 heterocycles. The van der Waals surface area contributed by atoms with Crippen molar-refractivity contribution in [3.05, 3.63) is 35.9 Å². The van der Waals surface area contributed by atoms with Crippen LogP contribution in [0.3, 0.4) is 0 Å². The smallest absolute Gasteiger partial charge is 0.417 e. The van der Waals surface area contributed by atoms with Gasteiger partial charge in [-0.25, -0.2) is 9.69 Å². The van der Waals surface area contributed by atoms with Gasteiger partial charge < -0.3 is 4.74 Å². The minimum Gasteiger partial charge on any atom is -0.449 e. The summed E-state index contributed by atoms with van der Waals surface area (Å²) in [6.07, 6.45) is -0.158. The number of nitrogens with zero attached hydrogens (tertiary/aromatic N) is 1. The highest BCUT2D eigenvalue weighted by atomic mass is 16.6. The molecule has 0 radical (unpaired) electrons. The molecular formula is C14H17NO3. The first-order chi connectivity index (χ1) is 8.59. The number of hydrogen-bond acceptors (Lipinski definition) is 3. The second-order valence-corrected chi connectivity index (χ2v) is 4.87. The number of likely N-dealkylation sites (tertiary alicyclic amines) is 1. The molecule has 4 heteroatoms. The van der Waals surface area contributed by atoms with Gasteiger partial charge in [0.05, 0.1) is 19.1 Å². The van der Waals surface area contributed by atoms with Crippen molar-refractivity contribution in [2.45, 2.75) is 26.3 Å². The summed E-state index contributed by atoms with van der Waals surface area (Å²) in [7, 11) is 0. The van der Waals surface area contributed by atoms with Gasteiger partial charge in [0, 0.05) is 0 Å². The Kier molecular flexibility index (Phi) is 3.65. The standard InChI is InChI=1S/C14H17NO3/c1-10(2)9-18-14(17)15-12(8-13(15)16)11-6-4-3-5-7-11/h3-7,10,12H,8-9H2,1-2H3/t12-/m1/s1. The summed E-state index contributed by atoms with van der Waals surface area (Å²) in [4.78, 5) is 24.5. The first-order valence-electron chi connectivity index (χ1n) is 6.13. The van der Waals surface area contributed by atoms with Crippen LogP contribution >= 0.6 is 0 Å². The Balaban J connectivity index is 2.03. The van der Waals surface area contributed by atoms with Gasteiger partial charge in [0.1, 0.15) is 0 Å². The van der Waals surface area contributed by atoms with E-state index >= 15 is 0 Å². The van der Waals surface area contributed by atoms with Crippen molar-refractivity contribution < 1.29 is 14.3 Å². The molecule has 1 aliphatic heterocycles. The summed E-state index contributed by atoms with van der Waals surface area (Å²) >= 11 is 0. The molecule has 0 unspecified atom stereocenters. The van der Waals surface area contributed by atoms with E-state index in [1.54, 1.807) is 0 Å². The third kappa shape index (κ3) is 2.53. The highest BCUT2D eigenvalue weighted by Gasteiger charge is 2.42. The van der Waals surface area contributed by atoms with E-state index in [0.29, 0.717) is 13.0 Å². The number of benzene rings is 1. The van der Waals surface area contributed by atoms with Crippen molar-refractivity contribution in [2.24, 2.45) is 5.92 Å². The number of β-lactam (4-membered cyclic amide) rings is 1. The number of carbonyl (C=O) groups is 2. The van der Waals surface area contributed by atoms with Crippen LogP contribution in [0.15, 0.2) is 30.3 Å². The van der Waals surface area contributed by atoms with Gasteiger partial charge >= 0.3 is 6.09 Å². The number of carbonyl (C=O) groups excluding carboxylic acids is 2. The van der Waals surface area contributed by atoms with Crippen molar-refractivity contribution in [1.82, 2.24) is 4.90 Å². The molecule has 0 saturated carbocycles. The van der Waals surface area contributed by atoms with Gasteiger partial charge in [0.25, 0.3) is 0 Å². The molecule has 0 aliphatic carbocycles. The van der Waals surface area contributed by atoms with E-state index in [1.165, 1.54) is 4.90 Å². The van der Waals surface area contributed by atoms with Gasteiger partial charge in [0.2, 0.25) is 5.91 Å². The Bertz CT molecular complexity index is 442. The summed E-state index contributed by atoms with van der Waals surface area (Å²) < 4.78 is 5.10. The number of ether oxygens (including phenoxy) is 1. The molecule has 1 aliphatic rings. The van der Waals surface area contributed by atoms with Crippen LogP contribution in [0.5, 0.6) is 0 Å². The largest absolute Gasteiger partial charge is 0.449 e. The summed E-state index contributed by atoms with van der Waals surface area (Å²) in [5, 5.41) is 0. The second kappa shape index (κ2) is 5.21. The zero-order chi connectivity index (χ0) is 13.1. The summed E-state index contributed by atoms with van der Waals surface area (Å²) in [5.74, 6) is 0.0955. The van der Waals surface area contributed by atoms with Gasteiger partial charge in [-0.3, -0.25) is 4.79 Å². The lowest BCUT2D eigenvalue weighted by atomic mass is 9.95. The van der Waals surface area contributed by atoms with Gasteiger partial charge in [0.15, 0.2) is 0 Å². The lowest BCUT2D eigenvalue weighted by molar-refractivity contribution is -0.143. The molecule has 0 N–H and O–H groups in total. The van der Waals surface area contributed by atoms with Crippen molar-refractivity contribution >= 4 is 12.0 Å². The van der Waals surface area contributed by atoms with Crippen molar-refractivity contribution in [3.63, 3.8) is 0 Å². The van der Waals surface area contributed by atoms with Gasteiger partial charge in [-0.1, -0.05) is 44.2 Å². The molecule has 1 fully saturated rings. The predicted molar refractivity (Wildman–Crippen MR) is 66.8 cm³/mol. The van der Waals surface area contributed by atoms with Crippen LogP contribution in [-0.2, 0) is 9.53 Å². The molecule has 96 valence electrons. The molecule has 0 aromatic heterocycles. The number of imide groups is 1. The molecule has 2 amide bonds. The monoisotopic (exact) mass is 247 g/mol. The van der Waals surface area contributed by atoms with Gasteiger partial charge in [-0.15, -0.1) is 0 Å². The third-order valence-electron chi connectivity index (χ3n) is 2.87. The first-order valence-corrected chi connectivity index (χ1v) is 6.13. The third-order valence-corrected chi connectivity index (χ3v) is 2.87. The average Bonchev–Trinajstić information content (AvgIpc) is 2.34. The van der Waals surface area contributed by atoms with Gasteiger partial charge in [-0.2, -0.15) is 0 Å². The van der Waals surface area contributed by atoms with E-state index in [-0.39, 0.29) is 17.9 Å². The maximum atomic E-state index is 11.8. The van der Waals surface area contributed by atoms with Crippen molar-refractivity contribution in [3.8, 4) is 0 Å². The maximum Gasteiger partial charge on any atom is 0.417 e. The topological polar surface area (TPSA) is 46.6 Å². The van der Waals surface area contributed by atoms with Gasteiger partial charge in [-0.05, 0) is 11.5 Å². The highest BCUT2D eigenvalue weighted by molar-refractivity contribution is 5.97. The van der Waals surface area contributed by atoms with Crippen LogP contribution < -0.4 is 0 Å². The maximum absolute atomic E-state index is 11.8. The summed E-state index contributed by atoms with van der Waals surface area (Å²) in [6.45, 7) is 4.25. The number of rotatable bonds is 3. The van der Waals surface area contributed by atoms with Crippen LogP contribution in [-0.4, -0.2) is 23.5 Å². The zero-order valence-corrected chi connectivity index (χ0v) is 10.6. The summed E-state index contributed by atoms with van der Waals surface area (Å²) in [6, 6.07) is 9.37. The molecule has 18 heavy (non-hydrogen) atoms. The second-order valence-electron chi connectivity index (χ2n) is 4.87. The molecule has 1 aromatic rings. The van der Waals surface area contributed by atoms with E-state index in [0.717, 1.165) is 5.56 Å². The molecule has 1 atom stereocenters. The van der Waals surface area contributed by atoms with Crippen molar-refractivity contribution in [2.75, 3.05) is 6.61 Å². The van der Waals surface area contributed by atoms with E-state index in [1.807, 2.05) is 44.2 Å². The van der Waals surface area contributed by atoms with Crippen LogP contribution in [0.1, 0.15) is 31.9 Å². The minimum atomic E-state index is -0.534. The fourth-order valence-corrected chi connectivity index (χ4v) is 1.90. The first kappa shape index (κ1) is 12.6. The Hall–Kier alpha value is -1.84. The van der Waals surface area contributed by atoms with E-state index < -0.39 is 6.09 Å². The predicted octanol–water partition coefficient (Wildman–Crippen LogP) is 2.75. The SMILES string of the molecule is CC(C)COC(=O)N1C(=O)C[C@@H]1c1ccccc1. The molecule has 2 rings (SSSR count). The Morgan fingerprint density at radius 2 is 2.06 bits per heavy atom. The lowest BCUT2D eigenvalue weighted by Gasteiger charge is -2.37. The Morgan fingerprint density at radius 1 is 1.39 bits per heavy atom. The molecular weight excluding hydrogens is 230 g/mol. The Morgan fingerprint density at radius 3 is 2.61 bits per heavy atom. The fraction of sp³-hybridized carbons (Fsp3) is 0.429. The fourth-order valence-electron chi connectivity index (χ4n) is 1.90. The van der Waals surface area contributed by atoms with E-state index in [9.17, 15) is 9.59 Å². The van der Waals surface area contributed by atoms with Crippen LogP contribution in [0, 0.1) is 5.92 Å². The zero-order valence-electron chi connectivity index (χ0n) is 10.6. The van der Waals surface area contributed by atoms with E-state index in [4.69, 9.17) is 4.74 Å². The minimum absolute atomic E-state index is 0.168. The highest BCUT2D eigenvalue weighted by Crippen LogP contribution is 2.34. The van der Waals surface area contributed by atoms with Crippen molar-refractivity contribution in [1.29, 1.82) is 0 Å². The Labute approximate surface area is 107 Å². The lowest BCUT2D eigenvalue weighted by Crippen LogP contribution is -2.50. The molecule has 1 saturated heterocycles. The van der Waals surface area contributed by atoms with E-state index in [2.05, 4.69) is 0 Å². The van der Waals surface area contributed by atoms with Crippen LogP contribution in [0.2, 0.25) is 0 Å². The quantitative estimate of drug-likeness (QED) is 0.771. The van der Waals surface area contributed by atoms with Crippen LogP contribution in [0.4, 0.5) is 4.79 Å². The molecule has 4 nitrogen and oxygen atoms in total. The molecule has 0 bridgehead atoms. The summed E-state index contributed by atoms with van der Waals surface area (Å²) in [5.41, 5.74) is 0.971. The average molecular weight is 247 g/mol. The normalized spacial score (nSPS) is 18.7. The number of amides is 2.